The highest BCUT2D eigenvalue weighted by Crippen LogP contribution is 2.46. The predicted octanol–water partition coefficient (Wildman–Crippen LogP) is 2.86. The van der Waals surface area contributed by atoms with E-state index < -0.39 is 0 Å². The van der Waals surface area contributed by atoms with Crippen LogP contribution in [-0.2, 0) is 11.2 Å². The molecule has 0 spiro atoms. The maximum atomic E-state index is 10.7. The lowest BCUT2D eigenvalue weighted by molar-refractivity contribution is -0.112. The third-order valence-corrected chi connectivity index (χ3v) is 2.86. The van der Waals surface area contributed by atoms with Gasteiger partial charge in [0, 0.05) is 10.4 Å². The fourth-order valence-electron chi connectivity index (χ4n) is 1.51. The monoisotopic (exact) mass is 194 g/mol. The summed E-state index contributed by atoms with van der Waals surface area (Å²) in [6.45, 7) is 0. The number of hydrogen-bond donors (Lipinski definition) is 0. The molecule has 0 atom stereocenters. The average Bonchev–Trinajstić information content (AvgIpc) is 2.90. The Hall–Kier alpha value is -0.820. The minimum absolute atomic E-state index is 0.0339. The van der Waals surface area contributed by atoms with Crippen LogP contribution in [0.1, 0.15) is 18.4 Å². The molecule has 1 aliphatic rings. The van der Waals surface area contributed by atoms with Gasteiger partial charge in [-0.15, -0.1) is 0 Å². The van der Waals surface area contributed by atoms with Gasteiger partial charge in [0.1, 0.15) is 6.29 Å². The lowest BCUT2D eigenvalue weighted by Gasteiger charge is -2.06. The first kappa shape index (κ1) is 8.76. The second-order valence-electron chi connectivity index (χ2n) is 3.78. The molecule has 0 heterocycles. The molecule has 0 N–H and O–H groups in total. The van der Waals surface area contributed by atoms with Gasteiger partial charge in [0.05, 0.1) is 0 Å². The van der Waals surface area contributed by atoms with Gasteiger partial charge in [0.25, 0.3) is 0 Å². The molecule has 0 amide bonds. The molecule has 0 aliphatic heterocycles. The van der Waals surface area contributed by atoms with Crippen molar-refractivity contribution in [3.8, 4) is 0 Å². The number of aldehydes is 1. The van der Waals surface area contributed by atoms with E-state index in [4.69, 9.17) is 11.6 Å². The summed E-state index contributed by atoms with van der Waals surface area (Å²) in [7, 11) is 0. The topological polar surface area (TPSA) is 17.1 Å². The van der Waals surface area contributed by atoms with Crippen molar-refractivity contribution in [3.05, 3.63) is 34.9 Å². The Morgan fingerprint density at radius 2 is 1.92 bits per heavy atom. The molecular formula is C11H11ClO. The third kappa shape index (κ3) is 1.92. The minimum atomic E-state index is -0.0339. The maximum Gasteiger partial charge on any atom is 0.126 e. The zero-order valence-electron chi connectivity index (χ0n) is 7.29. The van der Waals surface area contributed by atoms with E-state index in [9.17, 15) is 4.79 Å². The highest BCUT2D eigenvalue weighted by molar-refractivity contribution is 6.30. The molecule has 1 saturated carbocycles. The number of halogens is 1. The van der Waals surface area contributed by atoms with Crippen molar-refractivity contribution in [2.45, 2.75) is 19.3 Å². The van der Waals surface area contributed by atoms with Crippen LogP contribution >= 0.6 is 11.6 Å². The van der Waals surface area contributed by atoms with Crippen molar-refractivity contribution in [1.82, 2.24) is 0 Å². The Labute approximate surface area is 82.7 Å². The lowest BCUT2D eigenvalue weighted by Crippen LogP contribution is -2.05. The quantitative estimate of drug-likeness (QED) is 0.677. The van der Waals surface area contributed by atoms with Crippen LogP contribution in [0.3, 0.4) is 0 Å². The molecule has 1 aliphatic carbocycles. The summed E-state index contributed by atoms with van der Waals surface area (Å²) in [4.78, 5) is 10.7. The fraction of sp³-hybridized carbons (Fsp3) is 0.364. The van der Waals surface area contributed by atoms with E-state index in [1.807, 2.05) is 24.3 Å². The predicted molar refractivity (Wildman–Crippen MR) is 52.9 cm³/mol. The van der Waals surface area contributed by atoms with Gasteiger partial charge >= 0.3 is 0 Å². The van der Waals surface area contributed by atoms with Crippen LogP contribution in [0.2, 0.25) is 5.02 Å². The molecule has 1 aromatic rings. The molecule has 0 unspecified atom stereocenters. The van der Waals surface area contributed by atoms with E-state index >= 15 is 0 Å². The average molecular weight is 195 g/mol. The SMILES string of the molecule is O=CC1(Cc2ccc(Cl)cc2)CC1. The van der Waals surface area contributed by atoms with Crippen LogP contribution < -0.4 is 0 Å². The Morgan fingerprint density at radius 1 is 1.31 bits per heavy atom. The zero-order valence-corrected chi connectivity index (χ0v) is 8.05. The molecule has 0 saturated heterocycles. The van der Waals surface area contributed by atoms with Crippen molar-refractivity contribution in [1.29, 1.82) is 0 Å². The third-order valence-electron chi connectivity index (χ3n) is 2.61. The van der Waals surface area contributed by atoms with Crippen LogP contribution in [0.4, 0.5) is 0 Å². The standard InChI is InChI=1S/C11H11ClO/c12-10-3-1-9(2-4-10)7-11(8-13)5-6-11/h1-4,8H,5-7H2. The van der Waals surface area contributed by atoms with Crippen LogP contribution in [0.15, 0.2) is 24.3 Å². The van der Waals surface area contributed by atoms with Crippen molar-refractivity contribution in [3.63, 3.8) is 0 Å². The normalized spacial score (nSPS) is 18.2. The van der Waals surface area contributed by atoms with Crippen LogP contribution in [0.25, 0.3) is 0 Å². The van der Waals surface area contributed by atoms with E-state index in [-0.39, 0.29) is 5.41 Å². The highest BCUT2D eigenvalue weighted by atomic mass is 35.5. The summed E-state index contributed by atoms with van der Waals surface area (Å²) in [5.74, 6) is 0. The first-order valence-corrected chi connectivity index (χ1v) is 4.83. The summed E-state index contributed by atoms with van der Waals surface area (Å²) in [6.07, 6.45) is 4.05. The maximum absolute atomic E-state index is 10.7. The molecule has 1 fully saturated rings. The van der Waals surface area contributed by atoms with Gasteiger partial charge in [0.15, 0.2) is 0 Å². The molecule has 1 aromatic carbocycles. The van der Waals surface area contributed by atoms with E-state index in [0.29, 0.717) is 0 Å². The van der Waals surface area contributed by atoms with Gasteiger partial charge < -0.3 is 4.79 Å². The summed E-state index contributed by atoms with van der Waals surface area (Å²) >= 11 is 5.76. The Kier molecular flexibility index (Phi) is 2.12. The summed E-state index contributed by atoms with van der Waals surface area (Å²) in [5, 5.41) is 0.750. The van der Waals surface area contributed by atoms with Gasteiger partial charge in [-0.3, -0.25) is 0 Å². The lowest BCUT2D eigenvalue weighted by atomic mass is 9.98. The molecule has 68 valence electrons. The van der Waals surface area contributed by atoms with Crippen molar-refractivity contribution in [2.24, 2.45) is 5.41 Å². The fourth-order valence-corrected chi connectivity index (χ4v) is 1.63. The summed E-state index contributed by atoms with van der Waals surface area (Å²) < 4.78 is 0. The molecule has 0 bridgehead atoms. The van der Waals surface area contributed by atoms with Gasteiger partial charge in [-0.2, -0.15) is 0 Å². The van der Waals surface area contributed by atoms with Gasteiger partial charge in [0.2, 0.25) is 0 Å². The first-order valence-electron chi connectivity index (χ1n) is 4.45. The summed E-state index contributed by atoms with van der Waals surface area (Å²) in [5.41, 5.74) is 1.17. The smallest absolute Gasteiger partial charge is 0.126 e. The van der Waals surface area contributed by atoms with E-state index in [1.165, 1.54) is 5.56 Å². The van der Waals surface area contributed by atoms with Gasteiger partial charge in [-0.1, -0.05) is 23.7 Å². The Bertz CT molecular complexity index is 311. The van der Waals surface area contributed by atoms with Crippen LogP contribution in [0.5, 0.6) is 0 Å². The minimum Gasteiger partial charge on any atom is -0.303 e. The van der Waals surface area contributed by atoms with E-state index in [1.54, 1.807) is 0 Å². The molecule has 0 radical (unpaired) electrons. The number of carbonyl (C=O) groups is 1. The van der Waals surface area contributed by atoms with Crippen molar-refractivity contribution >= 4 is 17.9 Å². The van der Waals surface area contributed by atoms with Gasteiger partial charge in [-0.25, -0.2) is 0 Å². The Morgan fingerprint density at radius 3 is 2.38 bits per heavy atom. The number of rotatable bonds is 3. The molecule has 0 aromatic heterocycles. The van der Waals surface area contributed by atoms with E-state index in [0.717, 1.165) is 30.6 Å². The second kappa shape index (κ2) is 3.15. The van der Waals surface area contributed by atoms with E-state index in [2.05, 4.69) is 0 Å². The highest BCUT2D eigenvalue weighted by Gasteiger charge is 2.42. The van der Waals surface area contributed by atoms with Crippen molar-refractivity contribution < 1.29 is 4.79 Å². The number of hydrogen-bond acceptors (Lipinski definition) is 1. The van der Waals surface area contributed by atoms with Gasteiger partial charge in [-0.05, 0) is 37.0 Å². The van der Waals surface area contributed by atoms with Crippen LogP contribution in [0, 0.1) is 5.41 Å². The first-order chi connectivity index (χ1) is 6.24. The Balaban J connectivity index is 2.10. The summed E-state index contributed by atoms with van der Waals surface area (Å²) in [6, 6.07) is 7.73. The molecule has 13 heavy (non-hydrogen) atoms. The number of benzene rings is 1. The molecular weight excluding hydrogens is 184 g/mol. The largest absolute Gasteiger partial charge is 0.303 e. The van der Waals surface area contributed by atoms with Crippen LogP contribution in [-0.4, -0.2) is 6.29 Å². The molecule has 2 rings (SSSR count). The molecule has 1 nitrogen and oxygen atoms in total. The molecule has 2 heteroatoms. The second-order valence-corrected chi connectivity index (χ2v) is 4.22. The van der Waals surface area contributed by atoms with Crippen molar-refractivity contribution in [2.75, 3.05) is 0 Å². The number of carbonyl (C=O) groups excluding carboxylic acids is 1. The zero-order chi connectivity index (χ0) is 9.31.